The van der Waals surface area contributed by atoms with Crippen LogP contribution in [0.2, 0.25) is 0 Å². The largest absolute Gasteiger partial charge is 0.361 e. The molecular weight excluding hydrogens is 384 g/mol. The molecule has 7 heteroatoms. The number of likely N-dealkylation sites (N-methyl/N-ethyl adjacent to an activating group) is 1. The molecule has 2 aromatic carbocycles. The summed E-state index contributed by atoms with van der Waals surface area (Å²) in [5.41, 5.74) is 4.24. The second kappa shape index (κ2) is 7.33. The third kappa shape index (κ3) is 3.69. The minimum absolute atomic E-state index is 0.0931. The molecular formula is C22H26N4O2S. The molecule has 0 aliphatic rings. The van der Waals surface area contributed by atoms with Crippen molar-refractivity contribution in [1.82, 2.24) is 19.2 Å². The molecule has 0 saturated heterocycles. The predicted molar refractivity (Wildman–Crippen MR) is 118 cm³/mol. The molecule has 0 spiro atoms. The molecule has 0 bridgehead atoms. The fourth-order valence-electron chi connectivity index (χ4n) is 3.84. The SMILES string of the molecule is Cc1ccc2c(c1)c(C(CNS(=O)(=O)c1ccc3cc[nH]c3c1)N(C)C)cn2C. The molecule has 2 aromatic heterocycles. The van der Waals surface area contributed by atoms with Crippen molar-refractivity contribution in [3.8, 4) is 0 Å². The number of nitrogens with zero attached hydrogens (tertiary/aromatic N) is 2. The van der Waals surface area contributed by atoms with Crippen LogP contribution in [0.5, 0.6) is 0 Å². The van der Waals surface area contributed by atoms with E-state index in [1.54, 1.807) is 18.3 Å². The summed E-state index contributed by atoms with van der Waals surface area (Å²) in [6.07, 6.45) is 3.90. The zero-order chi connectivity index (χ0) is 20.8. The molecule has 0 saturated carbocycles. The molecule has 2 heterocycles. The van der Waals surface area contributed by atoms with E-state index in [0.29, 0.717) is 0 Å². The number of rotatable bonds is 6. The third-order valence-corrected chi connectivity index (χ3v) is 6.88. The van der Waals surface area contributed by atoms with Gasteiger partial charge in [-0.3, -0.25) is 0 Å². The number of hydrogen-bond donors (Lipinski definition) is 2. The maximum absolute atomic E-state index is 12.9. The van der Waals surface area contributed by atoms with Gasteiger partial charge in [-0.2, -0.15) is 0 Å². The van der Waals surface area contributed by atoms with Crippen LogP contribution in [0.3, 0.4) is 0 Å². The topological polar surface area (TPSA) is 70.1 Å². The van der Waals surface area contributed by atoms with Gasteiger partial charge in [-0.25, -0.2) is 13.1 Å². The van der Waals surface area contributed by atoms with Crippen molar-refractivity contribution in [2.24, 2.45) is 7.05 Å². The standard InChI is InChI=1S/C22H26N4O2S/c1-15-5-8-21-18(11-15)19(14-26(21)4)22(25(2)3)13-24-29(27,28)17-7-6-16-9-10-23-20(16)12-17/h5-12,14,22-24H,13H2,1-4H3. The van der Waals surface area contributed by atoms with E-state index in [-0.39, 0.29) is 17.5 Å². The van der Waals surface area contributed by atoms with E-state index < -0.39 is 10.0 Å². The first-order chi connectivity index (χ1) is 13.8. The smallest absolute Gasteiger partial charge is 0.240 e. The fourth-order valence-corrected chi connectivity index (χ4v) is 4.90. The first-order valence-electron chi connectivity index (χ1n) is 9.55. The molecule has 0 radical (unpaired) electrons. The lowest BCUT2D eigenvalue weighted by atomic mass is 10.0. The number of fused-ring (bicyclic) bond motifs is 2. The van der Waals surface area contributed by atoms with E-state index in [0.717, 1.165) is 27.4 Å². The highest BCUT2D eigenvalue weighted by Gasteiger charge is 2.23. The first kappa shape index (κ1) is 19.7. The number of benzene rings is 2. The monoisotopic (exact) mass is 410 g/mol. The molecule has 6 nitrogen and oxygen atoms in total. The van der Waals surface area contributed by atoms with Gasteiger partial charge in [0.1, 0.15) is 0 Å². The number of hydrogen-bond acceptors (Lipinski definition) is 3. The van der Waals surface area contributed by atoms with E-state index in [9.17, 15) is 8.42 Å². The predicted octanol–water partition coefficient (Wildman–Crippen LogP) is 3.55. The first-order valence-corrected chi connectivity index (χ1v) is 11.0. The molecule has 152 valence electrons. The van der Waals surface area contributed by atoms with Gasteiger partial charge in [0.2, 0.25) is 10.0 Å². The highest BCUT2D eigenvalue weighted by molar-refractivity contribution is 7.89. The maximum Gasteiger partial charge on any atom is 0.240 e. The van der Waals surface area contributed by atoms with Crippen LogP contribution in [0.4, 0.5) is 0 Å². The third-order valence-electron chi connectivity index (χ3n) is 5.46. The Kier molecular flexibility index (Phi) is 4.98. The van der Waals surface area contributed by atoms with E-state index in [1.165, 1.54) is 5.56 Å². The summed E-state index contributed by atoms with van der Waals surface area (Å²) in [5, 5.41) is 2.14. The quantitative estimate of drug-likeness (QED) is 0.511. The van der Waals surface area contributed by atoms with E-state index in [1.807, 2.05) is 38.2 Å². The molecule has 1 atom stereocenters. The molecule has 4 aromatic rings. The second-order valence-corrected chi connectivity index (χ2v) is 9.54. The fraction of sp³-hybridized carbons (Fsp3) is 0.273. The van der Waals surface area contributed by atoms with Crippen LogP contribution in [-0.4, -0.2) is 43.5 Å². The highest BCUT2D eigenvalue weighted by atomic mass is 32.2. The Morgan fingerprint density at radius 3 is 2.69 bits per heavy atom. The van der Waals surface area contributed by atoms with Gasteiger partial charge in [-0.05, 0) is 62.3 Å². The van der Waals surface area contributed by atoms with Crippen LogP contribution in [0, 0.1) is 6.92 Å². The number of aromatic nitrogens is 2. The molecule has 4 rings (SSSR count). The number of aryl methyl sites for hydroxylation is 2. The van der Waals surface area contributed by atoms with Gasteiger partial charge in [0.15, 0.2) is 0 Å². The summed E-state index contributed by atoms with van der Waals surface area (Å²) in [6, 6.07) is 13.3. The number of H-pyrrole nitrogens is 1. The van der Waals surface area contributed by atoms with Crippen LogP contribution in [0.15, 0.2) is 59.8 Å². The summed E-state index contributed by atoms with van der Waals surface area (Å²) in [4.78, 5) is 5.38. The lowest BCUT2D eigenvalue weighted by molar-refractivity contribution is 0.301. The molecule has 0 aliphatic heterocycles. The number of sulfonamides is 1. The van der Waals surface area contributed by atoms with Crippen LogP contribution < -0.4 is 4.72 Å². The van der Waals surface area contributed by atoms with Crippen molar-refractivity contribution in [1.29, 1.82) is 0 Å². The van der Waals surface area contributed by atoms with E-state index >= 15 is 0 Å². The molecule has 29 heavy (non-hydrogen) atoms. The minimum Gasteiger partial charge on any atom is -0.361 e. The lowest BCUT2D eigenvalue weighted by Gasteiger charge is -2.24. The van der Waals surface area contributed by atoms with Crippen LogP contribution in [0.25, 0.3) is 21.8 Å². The second-order valence-electron chi connectivity index (χ2n) is 7.77. The van der Waals surface area contributed by atoms with Crippen molar-refractivity contribution < 1.29 is 8.42 Å². The Hall–Kier alpha value is -2.61. The lowest BCUT2D eigenvalue weighted by Crippen LogP contribution is -2.34. The van der Waals surface area contributed by atoms with Gasteiger partial charge in [0, 0.05) is 48.4 Å². The molecule has 2 N–H and O–H groups in total. The summed E-state index contributed by atoms with van der Waals surface area (Å²) in [7, 11) is 2.33. The van der Waals surface area contributed by atoms with Gasteiger partial charge >= 0.3 is 0 Å². The van der Waals surface area contributed by atoms with Crippen LogP contribution in [-0.2, 0) is 17.1 Å². The zero-order valence-corrected chi connectivity index (χ0v) is 17.9. The zero-order valence-electron chi connectivity index (χ0n) is 17.1. The van der Waals surface area contributed by atoms with Crippen molar-refractivity contribution in [3.05, 3.63) is 66.0 Å². The van der Waals surface area contributed by atoms with Crippen molar-refractivity contribution in [2.45, 2.75) is 17.9 Å². The maximum atomic E-state index is 12.9. The van der Waals surface area contributed by atoms with Gasteiger partial charge < -0.3 is 14.5 Å². The molecule has 0 fully saturated rings. The van der Waals surface area contributed by atoms with Crippen LogP contribution in [0.1, 0.15) is 17.2 Å². The van der Waals surface area contributed by atoms with E-state index in [4.69, 9.17) is 0 Å². The van der Waals surface area contributed by atoms with Crippen molar-refractivity contribution >= 4 is 31.8 Å². The number of aromatic amines is 1. The Morgan fingerprint density at radius 1 is 1.14 bits per heavy atom. The Labute approximate surface area is 171 Å². The van der Waals surface area contributed by atoms with Crippen LogP contribution >= 0.6 is 0 Å². The normalized spacial score (nSPS) is 13.6. The average molecular weight is 411 g/mol. The highest BCUT2D eigenvalue weighted by Crippen LogP contribution is 2.29. The van der Waals surface area contributed by atoms with Gasteiger partial charge in [-0.1, -0.05) is 17.7 Å². The summed E-state index contributed by atoms with van der Waals surface area (Å²) < 4.78 is 30.8. The summed E-state index contributed by atoms with van der Waals surface area (Å²) in [5.74, 6) is 0. The number of nitrogens with one attached hydrogen (secondary N) is 2. The molecule has 0 amide bonds. The van der Waals surface area contributed by atoms with Crippen molar-refractivity contribution in [2.75, 3.05) is 20.6 Å². The van der Waals surface area contributed by atoms with E-state index in [2.05, 4.69) is 45.6 Å². The Morgan fingerprint density at radius 2 is 1.93 bits per heavy atom. The average Bonchev–Trinajstić information content (AvgIpc) is 3.25. The Bertz CT molecular complexity index is 1280. The Balaban J connectivity index is 1.65. The summed E-state index contributed by atoms with van der Waals surface area (Å²) in [6.45, 7) is 2.35. The van der Waals surface area contributed by atoms with Gasteiger partial charge in [0.25, 0.3) is 0 Å². The minimum atomic E-state index is -3.62. The van der Waals surface area contributed by atoms with Crippen molar-refractivity contribution in [3.63, 3.8) is 0 Å². The van der Waals surface area contributed by atoms with Gasteiger partial charge in [0.05, 0.1) is 4.90 Å². The molecule has 0 aliphatic carbocycles. The van der Waals surface area contributed by atoms with Gasteiger partial charge in [-0.15, -0.1) is 0 Å². The molecule has 1 unspecified atom stereocenters. The summed E-state index contributed by atoms with van der Waals surface area (Å²) >= 11 is 0.